The summed E-state index contributed by atoms with van der Waals surface area (Å²) in [4.78, 5) is 0. The third-order valence-corrected chi connectivity index (χ3v) is 7.57. The summed E-state index contributed by atoms with van der Waals surface area (Å²) in [5.41, 5.74) is 3.92. The summed E-state index contributed by atoms with van der Waals surface area (Å²) >= 11 is 0. The van der Waals surface area contributed by atoms with Gasteiger partial charge in [-0.15, -0.1) is 0 Å². The Morgan fingerprint density at radius 3 is 2.91 bits per heavy atom. The van der Waals surface area contributed by atoms with E-state index in [0.29, 0.717) is 5.41 Å². The van der Waals surface area contributed by atoms with Crippen molar-refractivity contribution in [1.82, 2.24) is 0 Å². The van der Waals surface area contributed by atoms with Crippen molar-refractivity contribution >= 4 is 0 Å². The maximum Gasteiger partial charge on any atom is -0.0251 e. The molecule has 0 radical (unpaired) electrons. The van der Waals surface area contributed by atoms with Crippen LogP contribution < -0.4 is 0 Å². The van der Waals surface area contributed by atoms with Gasteiger partial charge in [0.25, 0.3) is 0 Å². The molecule has 0 aliphatic heterocycles. The smallest absolute Gasteiger partial charge is 0.0251 e. The molecule has 124 valence electrons. The second-order valence-electron chi connectivity index (χ2n) is 8.87. The van der Waals surface area contributed by atoms with Crippen LogP contribution in [-0.4, -0.2) is 0 Å². The maximum absolute atomic E-state index is 2.61. The Bertz CT molecular complexity index is 455. The third-order valence-electron chi connectivity index (χ3n) is 7.57. The summed E-state index contributed by atoms with van der Waals surface area (Å²) < 4.78 is 0. The summed E-state index contributed by atoms with van der Waals surface area (Å²) in [6, 6.07) is 0. The molecule has 0 saturated heterocycles. The minimum Gasteiger partial charge on any atom is -0.0810 e. The van der Waals surface area contributed by atoms with Gasteiger partial charge in [0.1, 0.15) is 0 Å². The molecule has 0 aromatic rings. The van der Waals surface area contributed by atoms with Crippen molar-refractivity contribution in [1.29, 1.82) is 0 Å². The number of rotatable bonds is 4. The van der Waals surface area contributed by atoms with E-state index in [1.807, 2.05) is 0 Å². The Morgan fingerprint density at radius 2 is 2.14 bits per heavy atom. The van der Waals surface area contributed by atoms with Gasteiger partial charge in [0.05, 0.1) is 0 Å². The third kappa shape index (κ3) is 2.95. The van der Waals surface area contributed by atoms with E-state index in [2.05, 4.69) is 39.8 Å². The first-order valence-corrected chi connectivity index (χ1v) is 9.90. The Labute approximate surface area is 138 Å². The average Bonchev–Trinajstić information content (AvgIpc) is 2.81. The van der Waals surface area contributed by atoms with Crippen LogP contribution >= 0.6 is 0 Å². The first-order valence-electron chi connectivity index (χ1n) is 9.90. The standard InChI is InChI=1S/C22H36/c1-5-6-7-16(2)14-18-9-10-20-19(15-18)12-13-22(4)17(3)8-11-21(20)22/h9,14,17,19-21H,5-8,10-13,15H2,1-4H3/b16-14-/t17-,19?,20?,21?,22+/m0/s1. The van der Waals surface area contributed by atoms with E-state index in [1.54, 1.807) is 11.1 Å². The summed E-state index contributed by atoms with van der Waals surface area (Å²) in [5.74, 6) is 3.96. The Balaban J connectivity index is 1.69. The molecule has 0 amide bonds. The van der Waals surface area contributed by atoms with Crippen LogP contribution in [0.2, 0.25) is 0 Å². The maximum atomic E-state index is 2.61. The van der Waals surface area contributed by atoms with Crippen molar-refractivity contribution in [2.45, 2.75) is 85.5 Å². The van der Waals surface area contributed by atoms with Crippen LogP contribution in [0.15, 0.2) is 23.3 Å². The van der Waals surface area contributed by atoms with E-state index in [4.69, 9.17) is 0 Å². The van der Waals surface area contributed by atoms with Crippen molar-refractivity contribution in [3.05, 3.63) is 23.3 Å². The molecule has 0 spiro atoms. The summed E-state index contributed by atoms with van der Waals surface area (Å²) in [7, 11) is 0. The van der Waals surface area contributed by atoms with Crippen molar-refractivity contribution in [2.75, 3.05) is 0 Å². The van der Waals surface area contributed by atoms with Gasteiger partial charge in [-0.1, -0.05) is 50.5 Å². The minimum absolute atomic E-state index is 0.666. The topological polar surface area (TPSA) is 0 Å². The van der Waals surface area contributed by atoms with Crippen LogP contribution in [0.3, 0.4) is 0 Å². The fourth-order valence-corrected chi connectivity index (χ4v) is 5.87. The molecule has 0 aromatic carbocycles. The van der Waals surface area contributed by atoms with Gasteiger partial charge >= 0.3 is 0 Å². The number of fused-ring (bicyclic) bond motifs is 3. The minimum atomic E-state index is 0.666. The van der Waals surface area contributed by atoms with Gasteiger partial charge in [-0.2, -0.15) is 0 Å². The van der Waals surface area contributed by atoms with Crippen LogP contribution in [-0.2, 0) is 0 Å². The molecule has 2 fully saturated rings. The van der Waals surface area contributed by atoms with Gasteiger partial charge in [-0.3, -0.25) is 0 Å². The Hall–Kier alpha value is -0.520. The molecule has 0 heterocycles. The molecular weight excluding hydrogens is 264 g/mol. The molecule has 0 bridgehead atoms. The van der Waals surface area contributed by atoms with E-state index in [1.165, 1.54) is 57.8 Å². The summed E-state index contributed by atoms with van der Waals surface area (Å²) in [6.45, 7) is 9.75. The van der Waals surface area contributed by atoms with Crippen LogP contribution in [0, 0.1) is 29.1 Å². The summed E-state index contributed by atoms with van der Waals surface area (Å²) in [5, 5.41) is 0. The zero-order chi connectivity index (χ0) is 15.7. The zero-order valence-electron chi connectivity index (χ0n) is 15.3. The van der Waals surface area contributed by atoms with Crippen LogP contribution in [0.1, 0.15) is 85.5 Å². The second kappa shape index (κ2) is 6.54. The molecule has 0 heteroatoms. The van der Waals surface area contributed by atoms with E-state index < -0.39 is 0 Å². The molecule has 0 nitrogen and oxygen atoms in total. The van der Waals surface area contributed by atoms with Crippen molar-refractivity contribution < 1.29 is 0 Å². The molecule has 0 aromatic heterocycles. The molecule has 5 atom stereocenters. The largest absolute Gasteiger partial charge is 0.0810 e. The quantitative estimate of drug-likeness (QED) is 0.528. The normalized spacial score (nSPS) is 41.8. The Kier molecular flexibility index (Phi) is 4.86. The highest BCUT2D eigenvalue weighted by Crippen LogP contribution is 2.61. The first kappa shape index (κ1) is 16.3. The zero-order valence-corrected chi connectivity index (χ0v) is 15.3. The van der Waals surface area contributed by atoms with E-state index in [9.17, 15) is 0 Å². The lowest BCUT2D eigenvalue weighted by atomic mass is 9.55. The van der Waals surface area contributed by atoms with Gasteiger partial charge < -0.3 is 0 Å². The molecule has 3 unspecified atom stereocenters. The molecule has 3 rings (SSSR count). The lowest BCUT2D eigenvalue weighted by molar-refractivity contribution is 0.0148. The molecule has 3 aliphatic carbocycles. The second-order valence-corrected chi connectivity index (χ2v) is 8.87. The van der Waals surface area contributed by atoms with Gasteiger partial charge in [-0.25, -0.2) is 0 Å². The van der Waals surface area contributed by atoms with E-state index >= 15 is 0 Å². The number of unbranched alkanes of at least 4 members (excludes halogenated alkanes) is 1. The van der Waals surface area contributed by atoms with Crippen molar-refractivity contribution in [3.8, 4) is 0 Å². The highest BCUT2D eigenvalue weighted by molar-refractivity contribution is 5.26. The highest BCUT2D eigenvalue weighted by Gasteiger charge is 2.52. The fraction of sp³-hybridized carbons (Fsp3) is 0.818. The lowest BCUT2D eigenvalue weighted by Crippen LogP contribution is -2.41. The van der Waals surface area contributed by atoms with Gasteiger partial charge in [0, 0.05) is 0 Å². The van der Waals surface area contributed by atoms with Crippen LogP contribution in [0.5, 0.6) is 0 Å². The van der Waals surface area contributed by atoms with Gasteiger partial charge in [0.15, 0.2) is 0 Å². The predicted molar refractivity (Wildman–Crippen MR) is 96.8 cm³/mol. The number of hydrogen-bond acceptors (Lipinski definition) is 0. The SMILES string of the molecule is CCCC/C(C)=C\C1=CCC2C(CC[C@@]3(C)C2CC[C@@H]3C)C1. The van der Waals surface area contributed by atoms with E-state index in [0.717, 1.165) is 23.7 Å². The van der Waals surface area contributed by atoms with Crippen LogP contribution in [0.25, 0.3) is 0 Å². The molecule has 2 saturated carbocycles. The number of allylic oxidation sites excluding steroid dienone is 4. The lowest BCUT2D eigenvalue weighted by Gasteiger charge is -2.49. The average molecular weight is 301 g/mol. The van der Waals surface area contributed by atoms with Crippen molar-refractivity contribution in [3.63, 3.8) is 0 Å². The van der Waals surface area contributed by atoms with Gasteiger partial charge in [-0.05, 0) is 87.4 Å². The van der Waals surface area contributed by atoms with Gasteiger partial charge in [0.2, 0.25) is 0 Å². The van der Waals surface area contributed by atoms with Crippen LogP contribution in [0.4, 0.5) is 0 Å². The molecule has 0 N–H and O–H groups in total. The fourth-order valence-electron chi connectivity index (χ4n) is 5.87. The summed E-state index contributed by atoms with van der Waals surface area (Å²) in [6.07, 6.45) is 17.8. The molecular formula is C22H36. The first-order chi connectivity index (χ1) is 10.5. The van der Waals surface area contributed by atoms with E-state index in [-0.39, 0.29) is 0 Å². The van der Waals surface area contributed by atoms with Crippen molar-refractivity contribution in [2.24, 2.45) is 29.1 Å². The molecule has 22 heavy (non-hydrogen) atoms. The Morgan fingerprint density at radius 1 is 1.32 bits per heavy atom. The molecule has 3 aliphatic rings. The predicted octanol–water partition coefficient (Wildman–Crippen LogP) is 6.92. The number of hydrogen-bond donors (Lipinski definition) is 0. The highest BCUT2D eigenvalue weighted by atomic mass is 14.6. The monoisotopic (exact) mass is 300 g/mol.